The van der Waals surface area contributed by atoms with Crippen molar-refractivity contribution >= 4 is 5.91 Å². The number of nitrogens with one attached hydrogen (secondary N) is 1. The van der Waals surface area contributed by atoms with Crippen molar-refractivity contribution < 1.29 is 9.18 Å². The van der Waals surface area contributed by atoms with Crippen LogP contribution in [0.4, 0.5) is 4.39 Å². The Bertz CT molecular complexity index is 427. The summed E-state index contributed by atoms with van der Waals surface area (Å²) in [5.74, 6) is -0.713. The largest absolute Gasteiger partial charge is 0.355 e. The highest BCUT2D eigenvalue weighted by Crippen LogP contribution is 2.11. The number of amides is 1. The third-order valence-electron chi connectivity index (χ3n) is 3.75. The van der Waals surface area contributed by atoms with Gasteiger partial charge in [-0.25, -0.2) is 4.39 Å². The maximum absolute atomic E-state index is 13.4. The first-order valence-electron chi connectivity index (χ1n) is 7.27. The van der Waals surface area contributed by atoms with E-state index in [4.69, 9.17) is 5.73 Å². The van der Waals surface area contributed by atoms with Crippen molar-refractivity contribution in [2.45, 2.75) is 19.3 Å². The van der Waals surface area contributed by atoms with Gasteiger partial charge in [-0.15, -0.1) is 0 Å². The van der Waals surface area contributed by atoms with Crippen LogP contribution in [0.2, 0.25) is 0 Å². The van der Waals surface area contributed by atoms with Crippen LogP contribution in [0.25, 0.3) is 0 Å². The molecule has 0 saturated carbocycles. The fourth-order valence-electron chi connectivity index (χ4n) is 2.50. The third-order valence-corrected chi connectivity index (χ3v) is 3.75. The molecule has 1 fully saturated rings. The van der Waals surface area contributed by atoms with Gasteiger partial charge in [0.2, 0.25) is 0 Å². The van der Waals surface area contributed by atoms with E-state index >= 15 is 0 Å². The first kappa shape index (κ1) is 15.0. The van der Waals surface area contributed by atoms with E-state index in [9.17, 15) is 9.18 Å². The maximum Gasteiger partial charge on any atom is 0.273 e. The fourth-order valence-corrected chi connectivity index (χ4v) is 2.50. The zero-order valence-corrected chi connectivity index (χ0v) is 11.8. The molecule has 1 amide bonds. The number of hydrogen-bond donors (Lipinski definition) is 2. The first-order chi connectivity index (χ1) is 9.72. The van der Waals surface area contributed by atoms with E-state index in [-0.39, 0.29) is 11.6 Å². The average molecular weight is 282 g/mol. The Labute approximate surface area is 118 Å². The summed E-state index contributed by atoms with van der Waals surface area (Å²) in [6.07, 6.45) is 4.83. The van der Waals surface area contributed by atoms with E-state index in [0.717, 1.165) is 45.4 Å². The molecule has 6 heteroatoms. The number of rotatable bonds is 6. The van der Waals surface area contributed by atoms with Crippen molar-refractivity contribution in [2.75, 3.05) is 39.3 Å². The summed E-state index contributed by atoms with van der Waals surface area (Å²) in [4.78, 5) is 18.8. The van der Waals surface area contributed by atoms with Gasteiger partial charge in [0.1, 0.15) is 5.69 Å². The summed E-state index contributed by atoms with van der Waals surface area (Å²) >= 11 is 0. The summed E-state index contributed by atoms with van der Waals surface area (Å²) in [6, 6.07) is 1.28. The molecule has 112 valence electrons. The van der Waals surface area contributed by atoms with Crippen LogP contribution in [0.3, 0.4) is 0 Å². The molecule has 0 aromatic carbocycles. The molecule has 0 unspecified atom stereocenters. The predicted molar refractivity (Wildman–Crippen MR) is 76.0 cm³/mol. The van der Waals surface area contributed by atoms with Gasteiger partial charge in [-0.05, 0) is 32.0 Å². The van der Waals surface area contributed by atoms with Crippen LogP contribution in [0.1, 0.15) is 29.8 Å². The smallest absolute Gasteiger partial charge is 0.273 e. The highest BCUT2D eigenvalue weighted by Gasteiger charge is 2.24. The molecule has 0 aliphatic carbocycles. The van der Waals surface area contributed by atoms with E-state index in [1.807, 2.05) is 0 Å². The molecule has 0 radical (unpaired) electrons. The lowest BCUT2D eigenvalue weighted by Crippen LogP contribution is -2.49. The molecule has 2 heterocycles. The van der Waals surface area contributed by atoms with Crippen molar-refractivity contribution in [3.8, 4) is 0 Å². The van der Waals surface area contributed by atoms with E-state index in [0.29, 0.717) is 13.1 Å². The predicted octanol–water partition coefficient (Wildman–Crippen LogP) is 1.04. The van der Waals surface area contributed by atoms with Gasteiger partial charge in [0.05, 0.1) is 0 Å². The number of nitrogens with two attached hydrogens (primary N) is 1. The minimum absolute atomic E-state index is 0.0707. The van der Waals surface area contributed by atoms with Gasteiger partial charge in [-0.3, -0.25) is 9.69 Å². The van der Waals surface area contributed by atoms with Gasteiger partial charge in [0.25, 0.3) is 5.91 Å². The zero-order valence-electron chi connectivity index (χ0n) is 11.8. The second-order valence-electron chi connectivity index (χ2n) is 5.18. The SMILES string of the molecule is NCCCCCN1CCN(C(=O)c2[nH]ccc2F)CC1. The van der Waals surface area contributed by atoms with E-state index in [2.05, 4.69) is 9.88 Å². The normalized spacial score (nSPS) is 16.6. The standard InChI is InChI=1S/C14H23FN4O/c15-12-4-6-17-13(12)14(20)19-10-8-18(9-11-19)7-3-1-2-5-16/h4,6,17H,1-3,5,7-11,16H2. The Morgan fingerprint density at radius 3 is 2.60 bits per heavy atom. The van der Waals surface area contributed by atoms with Crippen LogP contribution >= 0.6 is 0 Å². The second-order valence-corrected chi connectivity index (χ2v) is 5.18. The summed E-state index contributed by atoms with van der Waals surface area (Å²) in [5, 5.41) is 0. The number of unbranched alkanes of at least 4 members (excludes halogenated alkanes) is 2. The summed E-state index contributed by atoms with van der Waals surface area (Å²) in [7, 11) is 0. The van der Waals surface area contributed by atoms with Crippen molar-refractivity contribution in [1.29, 1.82) is 0 Å². The second kappa shape index (κ2) is 7.40. The molecule has 20 heavy (non-hydrogen) atoms. The molecular weight excluding hydrogens is 259 g/mol. The lowest BCUT2D eigenvalue weighted by atomic mass is 10.2. The number of halogens is 1. The Balaban J connectivity index is 1.74. The number of H-pyrrole nitrogens is 1. The van der Waals surface area contributed by atoms with Crippen LogP contribution in [0, 0.1) is 5.82 Å². The third kappa shape index (κ3) is 3.80. The number of piperazine rings is 1. The van der Waals surface area contributed by atoms with Gasteiger partial charge in [-0.2, -0.15) is 0 Å². The number of aromatic nitrogens is 1. The summed E-state index contributed by atoms with van der Waals surface area (Å²) < 4.78 is 13.4. The van der Waals surface area contributed by atoms with Crippen molar-refractivity contribution in [3.63, 3.8) is 0 Å². The summed E-state index contributed by atoms with van der Waals surface area (Å²) in [5.41, 5.74) is 5.54. The average Bonchev–Trinajstić information content (AvgIpc) is 2.90. The zero-order chi connectivity index (χ0) is 14.4. The minimum Gasteiger partial charge on any atom is -0.355 e. The molecule has 1 saturated heterocycles. The minimum atomic E-state index is -0.473. The van der Waals surface area contributed by atoms with Gasteiger partial charge in [0, 0.05) is 32.4 Å². The molecule has 1 aromatic rings. The number of carbonyl (C=O) groups is 1. The number of aromatic amines is 1. The number of nitrogens with zero attached hydrogens (tertiary/aromatic N) is 2. The molecule has 2 rings (SSSR count). The lowest BCUT2D eigenvalue weighted by molar-refractivity contribution is 0.0625. The quantitative estimate of drug-likeness (QED) is 0.766. The Morgan fingerprint density at radius 2 is 2.00 bits per heavy atom. The Morgan fingerprint density at radius 1 is 1.25 bits per heavy atom. The molecule has 0 atom stereocenters. The van der Waals surface area contributed by atoms with E-state index in [1.54, 1.807) is 4.90 Å². The molecule has 5 nitrogen and oxygen atoms in total. The van der Waals surface area contributed by atoms with Crippen molar-refractivity contribution in [2.24, 2.45) is 5.73 Å². The lowest BCUT2D eigenvalue weighted by Gasteiger charge is -2.34. The van der Waals surface area contributed by atoms with Crippen molar-refractivity contribution in [3.05, 3.63) is 23.8 Å². The number of carbonyl (C=O) groups excluding carboxylic acids is 1. The van der Waals surface area contributed by atoms with Gasteiger partial charge >= 0.3 is 0 Å². The molecule has 0 spiro atoms. The van der Waals surface area contributed by atoms with Crippen molar-refractivity contribution in [1.82, 2.24) is 14.8 Å². The van der Waals surface area contributed by atoms with Crippen LogP contribution < -0.4 is 5.73 Å². The van der Waals surface area contributed by atoms with E-state index < -0.39 is 5.82 Å². The summed E-state index contributed by atoms with van der Waals surface area (Å²) in [6.45, 7) is 4.85. The van der Waals surface area contributed by atoms with Gasteiger partial charge in [-0.1, -0.05) is 6.42 Å². The van der Waals surface area contributed by atoms with Crippen LogP contribution in [-0.4, -0.2) is 60.0 Å². The number of hydrogen-bond acceptors (Lipinski definition) is 3. The first-order valence-corrected chi connectivity index (χ1v) is 7.27. The molecule has 0 bridgehead atoms. The van der Waals surface area contributed by atoms with E-state index in [1.165, 1.54) is 12.3 Å². The fraction of sp³-hybridized carbons (Fsp3) is 0.643. The highest BCUT2D eigenvalue weighted by molar-refractivity contribution is 5.92. The molecule has 3 N–H and O–H groups in total. The molecule has 1 aliphatic heterocycles. The molecule has 1 aromatic heterocycles. The van der Waals surface area contributed by atoms with Crippen LogP contribution in [0.15, 0.2) is 12.3 Å². The molecular formula is C14H23FN4O. The Hall–Kier alpha value is -1.40. The monoisotopic (exact) mass is 282 g/mol. The molecule has 1 aliphatic rings. The maximum atomic E-state index is 13.4. The highest BCUT2D eigenvalue weighted by atomic mass is 19.1. The van der Waals surface area contributed by atoms with Gasteiger partial charge < -0.3 is 15.6 Å². The van der Waals surface area contributed by atoms with Crippen LogP contribution in [-0.2, 0) is 0 Å². The van der Waals surface area contributed by atoms with Crippen LogP contribution in [0.5, 0.6) is 0 Å². The topological polar surface area (TPSA) is 65.4 Å². The van der Waals surface area contributed by atoms with Gasteiger partial charge in [0.15, 0.2) is 5.82 Å². The Kier molecular flexibility index (Phi) is 5.55.